The zero-order valence-corrected chi connectivity index (χ0v) is 26.1. The van der Waals surface area contributed by atoms with Crippen molar-refractivity contribution in [3.8, 4) is 6.07 Å². The molecule has 0 unspecified atom stereocenters. The van der Waals surface area contributed by atoms with Crippen LogP contribution in [0.5, 0.6) is 0 Å². The van der Waals surface area contributed by atoms with E-state index in [0.29, 0.717) is 27.3 Å². The van der Waals surface area contributed by atoms with E-state index in [0.717, 1.165) is 62.1 Å². The number of hydrogen-bond donors (Lipinski definition) is 0. The van der Waals surface area contributed by atoms with Gasteiger partial charge < -0.3 is 4.90 Å². The van der Waals surface area contributed by atoms with Crippen molar-refractivity contribution in [1.82, 2.24) is 9.47 Å². The lowest BCUT2D eigenvalue weighted by molar-refractivity contribution is -0.122. The first-order valence-corrected chi connectivity index (χ1v) is 16.0. The highest BCUT2D eigenvalue weighted by Gasteiger charge is 2.34. The molecule has 0 atom stereocenters. The number of unbranched alkanes of at least 4 members (excludes halogenated alkanes) is 1. The molecule has 1 amide bonds. The number of nitrogens with zero attached hydrogens (tertiary/aromatic N) is 4. The number of nitriles is 1. The van der Waals surface area contributed by atoms with Gasteiger partial charge in [0.2, 0.25) is 0 Å². The lowest BCUT2D eigenvalue weighted by atomic mass is 9.90. The number of carbonyl (C=O) groups excluding carboxylic acids is 1. The first kappa shape index (κ1) is 30.7. The van der Waals surface area contributed by atoms with Crippen molar-refractivity contribution in [1.29, 1.82) is 5.26 Å². The molecule has 0 saturated carbocycles. The van der Waals surface area contributed by atoms with Crippen molar-refractivity contribution in [2.24, 2.45) is 5.92 Å². The van der Waals surface area contributed by atoms with Crippen molar-refractivity contribution in [2.75, 3.05) is 18.0 Å². The molecule has 0 spiro atoms. The predicted molar refractivity (Wildman–Crippen MR) is 175 cm³/mol. The fraction of sp³-hybridized carbons (Fsp3) is 0.353. The summed E-state index contributed by atoms with van der Waals surface area (Å²) in [5.74, 6) is 0.737. The SMILES string of the molecule is CCCCn1c(N2CCC(Cc3ccccc3)CC2)c(C=C2SC(=S)N(Cc3ccc(F)cc3)C2=O)c(C)c(C#N)c1=O. The van der Waals surface area contributed by atoms with Gasteiger partial charge in [0.25, 0.3) is 11.5 Å². The van der Waals surface area contributed by atoms with E-state index in [4.69, 9.17) is 12.2 Å². The number of hydrogen-bond acceptors (Lipinski definition) is 6. The molecule has 5 rings (SSSR count). The predicted octanol–water partition coefficient (Wildman–Crippen LogP) is 6.83. The summed E-state index contributed by atoms with van der Waals surface area (Å²) in [6.45, 7) is 6.16. The Morgan fingerprint density at radius 1 is 1.07 bits per heavy atom. The normalized spacial score (nSPS) is 16.7. The Morgan fingerprint density at radius 2 is 1.77 bits per heavy atom. The summed E-state index contributed by atoms with van der Waals surface area (Å²) in [7, 11) is 0. The summed E-state index contributed by atoms with van der Waals surface area (Å²) in [5.41, 5.74) is 3.22. The minimum absolute atomic E-state index is 0.104. The number of anilines is 1. The van der Waals surface area contributed by atoms with E-state index in [9.17, 15) is 19.2 Å². The van der Waals surface area contributed by atoms with Crippen LogP contribution in [0.2, 0.25) is 0 Å². The van der Waals surface area contributed by atoms with Crippen LogP contribution in [0.1, 0.15) is 60.4 Å². The highest BCUT2D eigenvalue weighted by atomic mass is 32.2. The van der Waals surface area contributed by atoms with Crippen molar-refractivity contribution >= 4 is 46.1 Å². The molecule has 2 aliphatic heterocycles. The summed E-state index contributed by atoms with van der Waals surface area (Å²) in [5, 5.41) is 10.0. The van der Waals surface area contributed by atoms with E-state index in [-0.39, 0.29) is 29.4 Å². The summed E-state index contributed by atoms with van der Waals surface area (Å²) >= 11 is 6.79. The molecule has 3 heterocycles. The quantitative estimate of drug-likeness (QED) is 0.195. The van der Waals surface area contributed by atoms with Gasteiger partial charge in [-0.3, -0.25) is 19.1 Å². The highest BCUT2D eigenvalue weighted by molar-refractivity contribution is 8.26. The van der Waals surface area contributed by atoms with E-state index in [1.165, 1.54) is 34.4 Å². The summed E-state index contributed by atoms with van der Waals surface area (Å²) in [6.07, 6.45) is 6.49. The van der Waals surface area contributed by atoms with Gasteiger partial charge in [-0.25, -0.2) is 4.39 Å². The van der Waals surface area contributed by atoms with Crippen molar-refractivity contribution in [2.45, 2.75) is 59.0 Å². The number of thioether (sulfide) groups is 1. The molecule has 222 valence electrons. The average molecular weight is 615 g/mol. The molecule has 6 nitrogen and oxygen atoms in total. The number of amides is 1. The molecule has 0 N–H and O–H groups in total. The van der Waals surface area contributed by atoms with Crippen LogP contribution in [-0.2, 0) is 24.3 Å². The molecule has 0 bridgehead atoms. The van der Waals surface area contributed by atoms with E-state index >= 15 is 0 Å². The van der Waals surface area contributed by atoms with Crippen LogP contribution in [0.4, 0.5) is 10.2 Å². The minimum Gasteiger partial charge on any atom is -0.357 e. The fourth-order valence-electron chi connectivity index (χ4n) is 5.84. The number of benzene rings is 2. The van der Waals surface area contributed by atoms with Crippen LogP contribution in [0, 0.1) is 30.0 Å². The number of piperidine rings is 1. The van der Waals surface area contributed by atoms with Gasteiger partial charge in [0, 0.05) is 25.2 Å². The average Bonchev–Trinajstić information content (AvgIpc) is 3.27. The van der Waals surface area contributed by atoms with Crippen molar-refractivity contribution < 1.29 is 9.18 Å². The second-order valence-corrected chi connectivity index (χ2v) is 12.8. The largest absolute Gasteiger partial charge is 0.357 e. The zero-order chi connectivity index (χ0) is 30.5. The molecule has 0 aliphatic carbocycles. The molecule has 2 aliphatic rings. The highest BCUT2D eigenvalue weighted by Crippen LogP contribution is 2.37. The number of carbonyl (C=O) groups is 1. The van der Waals surface area contributed by atoms with Crippen LogP contribution < -0.4 is 10.5 Å². The van der Waals surface area contributed by atoms with Crippen LogP contribution in [0.3, 0.4) is 0 Å². The number of thiocarbonyl (C=S) groups is 1. The Balaban J connectivity index is 1.50. The zero-order valence-electron chi connectivity index (χ0n) is 24.5. The Morgan fingerprint density at radius 3 is 2.42 bits per heavy atom. The maximum absolute atomic E-state index is 13.6. The van der Waals surface area contributed by atoms with Crippen LogP contribution in [0.15, 0.2) is 64.3 Å². The molecule has 0 radical (unpaired) electrons. The van der Waals surface area contributed by atoms with E-state index in [1.54, 1.807) is 23.6 Å². The standard InChI is InChI=1S/C34H35FN4O2S2/c1-3-4-16-38-31(37-17-14-25(15-18-37)19-24-8-6-5-7-9-24)28(23(2)29(21-36)32(38)40)20-30-33(41)39(34(42)43-30)22-26-10-12-27(35)13-11-26/h5-13,20,25H,3-4,14-19,22H2,1-2H3. The molecular formula is C34H35FN4O2S2. The second kappa shape index (κ2) is 13.7. The fourth-order valence-corrected chi connectivity index (χ4v) is 7.08. The molecular weight excluding hydrogens is 580 g/mol. The van der Waals surface area contributed by atoms with Crippen LogP contribution >= 0.6 is 24.0 Å². The van der Waals surface area contributed by atoms with Gasteiger partial charge in [0.05, 0.1) is 11.4 Å². The number of pyridine rings is 1. The molecule has 3 aromatic rings. The van der Waals surface area contributed by atoms with Crippen molar-refractivity contribution in [3.05, 3.63) is 103 Å². The van der Waals surface area contributed by atoms with Gasteiger partial charge in [0.1, 0.15) is 27.6 Å². The summed E-state index contributed by atoms with van der Waals surface area (Å²) in [4.78, 5) is 31.5. The molecule has 1 aromatic heterocycles. The third-order valence-corrected chi connectivity index (χ3v) is 9.64. The lowest BCUT2D eigenvalue weighted by Gasteiger charge is -2.36. The number of rotatable bonds is 9. The summed E-state index contributed by atoms with van der Waals surface area (Å²) < 4.78 is 15.6. The molecule has 2 fully saturated rings. The summed E-state index contributed by atoms with van der Waals surface area (Å²) in [6, 6.07) is 18.7. The third-order valence-electron chi connectivity index (χ3n) is 8.27. The monoisotopic (exact) mass is 614 g/mol. The Bertz CT molecular complexity index is 1640. The van der Waals surface area contributed by atoms with E-state index < -0.39 is 0 Å². The first-order chi connectivity index (χ1) is 20.8. The molecule has 2 aromatic carbocycles. The Labute approximate surface area is 261 Å². The maximum Gasteiger partial charge on any atom is 0.270 e. The number of halogens is 1. The van der Waals surface area contributed by atoms with Gasteiger partial charge in [-0.1, -0.05) is 79.8 Å². The van der Waals surface area contributed by atoms with Crippen LogP contribution in [-0.4, -0.2) is 32.8 Å². The second-order valence-electron chi connectivity index (χ2n) is 11.2. The van der Waals surface area contributed by atoms with Crippen molar-refractivity contribution in [3.63, 3.8) is 0 Å². The molecule has 9 heteroatoms. The van der Waals surface area contributed by atoms with Gasteiger partial charge in [-0.05, 0) is 73.4 Å². The molecule has 2 saturated heterocycles. The minimum atomic E-state index is -0.340. The Kier molecular flexibility index (Phi) is 9.79. The Hall–Kier alpha value is -3.74. The van der Waals surface area contributed by atoms with Crippen LogP contribution in [0.25, 0.3) is 6.08 Å². The first-order valence-electron chi connectivity index (χ1n) is 14.8. The smallest absolute Gasteiger partial charge is 0.270 e. The topological polar surface area (TPSA) is 69.3 Å². The van der Waals surface area contributed by atoms with Gasteiger partial charge in [0.15, 0.2) is 0 Å². The maximum atomic E-state index is 13.6. The van der Waals surface area contributed by atoms with Gasteiger partial charge in [-0.15, -0.1) is 0 Å². The lowest BCUT2D eigenvalue weighted by Crippen LogP contribution is -2.40. The van der Waals surface area contributed by atoms with Gasteiger partial charge >= 0.3 is 0 Å². The van der Waals surface area contributed by atoms with Gasteiger partial charge in [-0.2, -0.15) is 5.26 Å². The third kappa shape index (κ3) is 6.76. The van der Waals surface area contributed by atoms with E-state index in [1.807, 2.05) is 12.1 Å². The number of aromatic nitrogens is 1. The van der Waals surface area contributed by atoms with E-state index in [2.05, 4.69) is 42.2 Å². The molecule has 43 heavy (non-hydrogen) atoms.